The zero-order chi connectivity index (χ0) is 13.2. The van der Waals surface area contributed by atoms with Gasteiger partial charge in [-0.05, 0) is 19.1 Å². The first-order valence-corrected chi connectivity index (χ1v) is 6.74. The molecule has 18 heavy (non-hydrogen) atoms. The van der Waals surface area contributed by atoms with Crippen molar-refractivity contribution in [2.45, 2.75) is 18.4 Å². The number of aromatic nitrogens is 1. The van der Waals surface area contributed by atoms with Crippen LogP contribution in [0.2, 0.25) is 0 Å². The number of nitrogens with zero attached hydrogens (tertiary/aromatic N) is 1. The van der Waals surface area contributed by atoms with E-state index in [2.05, 4.69) is 9.71 Å². The largest absolute Gasteiger partial charge is 0.464 e. The molecule has 0 fully saturated rings. The van der Waals surface area contributed by atoms with Crippen LogP contribution in [0.1, 0.15) is 11.5 Å². The van der Waals surface area contributed by atoms with Gasteiger partial charge in [0.2, 0.25) is 0 Å². The highest BCUT2D eigenvalue weighted by molar-refractivity contribution is 7.92. The molecule has 0 unspecified atom stereocenters. The molecule has 0 spiro atoms. The minimum atomic E-state index is -3.70. The van der Waals surface area contributed by atoms with Crippen LogP contribution < -0.4 is 10.5 Å². The smallest absolute Gasteiger partial charge is 0.266 e. The first-order chi connectivity index (χ1) is 8.53. The van der Waals surface area contributed by atoms with Crippen molar-refractivity contribution in [3.63, 3.8) is 0 Å². The van der Waals surface area contributed by atoms with Crippen LogP contribution in [0, 0.1) is 6.92 Å². The molecule has 6 nitrogen and oxygen atoms in total. The van der Waals surface area contributed by atoms with E-state index in [9.17, 15) is 8.42 Å². The molecule has 0 aromatic carbocycles. The summed E-state index contributed by atoms with van der Waals surface area (Å²) in [6.45, 7) is 1.73. The highest BCUT2D eigenvalue weighted by Gasteiger charge is 2.21. The molecule has 0 atom stereocenters. The molecule has 0 bridgehead atoms. The molecule has 0 saturated heterocycles. The van der Waals surface area contributed by atoms with Gasteiger partial charge in [0, 0.05) is 12.3 Å². The normalized spacial score (nSPS) is 11.4. The molecule has 2 rings (SSSR count). The number of aryl methyl sites for hydroxylation is 1. The molecule has 96 valence electrons. The summed E-state index contributed by atoms with van der Waals surface area (Å²) in [5.74, 6) is 0.986. The van der Waals surface area contributed by atoms with Crippen LogP contribution in [0.4, 0.5) is 5.82 Å². The van der Waals surface area contributed by atoms with Crippen molar-refractivity contribution < 1.29 is 12.8 Å². The maximum absolute atomic E-state index is 12.1. The zero-order valence-corrected chi connectivity index (χ0v) is 10.6. The van der Waals surface area contributed by atoms with Crippen LogP contribution in [0.5, 0.6) is 0 Å². The van der Waals surface area contributed by atoms with Gasteiger partial charge < -0.3 is 10.2 Å². The Morgan fingerprint density at radius 2 is 2.22 bits per heavy atom. The fraction of sp³-hybridized carbons (Fsp3) is 0.182. The average Bonchev–Trinajstić information content (AvgIpc) is 2.72. The monoisotopic (exact) mass is 267 g/mol. The number of hydrogen-bond donors (Lipinski definition) is 2. The first kappa shape index (κ1) is 12.6. The van der Waals surface area contributed by atoms with Gasteiger partial charge in [-0.3, -0.25) is 4.72 Å². The SMILES string of the molecule is Cc1oc(CN)cc1S(=O)(=O)Nc1ccccn1. The van der Waals surface area contributed by atoms with E-state index in [1.54, 1.807) is 25.1 Å². The standard InChI is InChI=1S/C11H13N3O3S/c1-8-10(6-9(7-12)17-8)18(15,16)14-11-4-2-3-5-13-11/h2-6H,7,12H2,1H3,(H,13,14). The summed E-state index contributed by atoms with van der Waals surface area (Å²) in [4.78, 5) is 3.98. The molecule has 2 aromatic heterocycles. The van der Waals surface area contributed by atoms with E-state index >= 15 is 0 Å². The van der Waals surface area contributed by atoms with Gasteiger partial charge in [0.1, 0.15) is 22.2 Å². The lowest BCUT2D eigenvalue weighted by atomic mass is 10.4. The van der Waals surface area contributed by atoms with Crippen molar-refractivity contribution in [2.24, 2.45) is 5.73 Å². The van der Waals surface area contributed by atoms with Crippen molar-refractivity contribution >= 4 is 15.8 Å². The number of furan rings is 1. The third-order valence-corrected chi connectivity index (χ3v) is 3.78. The highest BCUT2D eigenvalue weighted by atomic mass is 32.2. The fourth-order valence-electron chi connectivity index (χ4n) is 1.51. The number of hydrogen-bond acceptors (Lipinski definition) is 5. The first-order valence-electron chi connectivity index (χ1n) is 5.26. The number of rotatable bonds is 4. The Bertz CT molecular complexity index is 635. The van der Waals surface area contributed by atoms with E-state index in [4.69, 9.17) is 10.2 Å². The lowest BCUT2D eigenvalue weighted by molar-refractivity contribution is 0.479. The number of nitrogens with two attached hydrogens (primary N) is 1. The second kappa shape index (κ2) is 4.79. The van der Waals surface area contributed by atoms with Crippen molar-refractivity contribution in [3.05, 3.63) is 42.0 Å². The van der Waals surface area contributed by atoms with Crippen LogP contribution in [-0.2, 0) is 16.6 Å². The summed E-state index contributed by atoms with van der Waals surface area (Å²) < 4.78 is 31.8. The van der Waals surface area contributed by atoms with Crippen LogP contribution in [0.3, 0.4) is 0 Å². The van der Waals surface area contributed by atoms with Gasteiger partial charge in [-0.1, -0.05) is 6.07 Å². The number of anilines is 1. The molecular weight excluding hydrogens is 254 g/mol. The van der Waals surface area contributed by atoms with Gasteiger partial charge >= 0.3 is 0 Å². The molecule has 0 saturated carbocycles. The van der Waals surface area contributed by atoms with E-state index in [1.807, 2.05) is 0 Å². The molecule has 0 aliphatic rings. The van der Waals surface area contributed by atoms with Crippen LogP contribution in [-0.4, -0.2) is 13.4 Å². The van der Waals surface area contributed by atoms with E-state index in [0.717, 1.165) is 0 Å². The van der Waals surface area contributed by atoms with Gasteiger partial charge in [-0.2, -0.15) is 0 Å². The quantitative estimate of drug-likeness (QED) is 0.868. The van der Waals surface area contributed by atoms with Gasteiger partial charge in [0.05, 0.1) is 6.54 Å². The Morgan fingerprint density at radius 3 is 2.78 bits per heavy atom. The van der Waals surface area contributed by atoms with Crippen LogP contribution in [0.25, 0.3) is 0 Å². The lowest BCUT2D eigenvalue weighted by Crippen LogP contribution is -2.14. The zero-order valence-electron chi connectivity index (χ0n) is 9.75. The van der Waals surface area contributed by atoms with Gasteiger partial charge in [-0.25, -0.2) is 13.4 Å². The third kappa shape index (κ3) is 2.52. The molecule has 3 N–H and O–H groups in total. The number of pyridine rings is 1. The molecular formula is C11H13N3O3S. The minimum Gasteiger partial charge on any atom is -0.464 e. The summed E-state index contributed by atoms with van der Waals surface area (Å²) >= 11 is 0. The number of sulfonamides is 1. The Hall–Kier alpha value is -1.86. The third-order valence-electron chi connectivity index (χ3n) is 2.32. The number of nitrogens with one attached hydrogen (secondary N) is 1. The predicted molar refractivity (Wildman–Crippen MR) is 66.4 cm³/mol. The predicted octanol–water partition coefficient (Wildman–Crippen LogP) is 1.24. The summed E-state index contributed by atoms with van der Waals surface area (Å²) in [6, 6.07) is 6.38. The van der Waals surface area contributed by atoms with Crippen molar-refractivity contribution in [3.8, 4) is 0 Å². The average molecular weight is 267 g/mol. The van der Waals surface area contributed by atoms with Gasteiger partial charge in [0.25, 0.3) is 10.0 Å². The molecule has 0 aliphatic heterocycles. The maximum Gasteiger partial charge on any atom is 0.266 e. The van der Waals surface area contributed by atoms with E-state index in [1.165, 1.54) is 12.3 Å². The Kier molecular flexibility index (Phi) is 3.35. The molecule has 2 aromatic rings. The summed E-state index contributed by atoms with van der Waals surface area (Å²) in [5.41, 5.74) is 5.41. The van der Waals surface area contributed by atoms with E-state index < -0.39 is 10.0 Å². The van der Waals surface area contributed by atoms with Crippen molar-refractivity contribution in [1.82, 2.24) is 4.98 Å². The topological polar surface area (TPSA) is 98.2 Å². The van der Waals surface area contributed by atoms with Gasteiger partial charge in [0.15, 0.2) is 0 Å². The van der Waals surface area contributed by atoms with E-state index in [-0.39, 0.29) is 17.3 Å². The Morgan fingerprint density at radius 1 is 1.44 bits per heavy atom. The molecule has 0 aliphatic carbocycles. The van der Waals surface area contributed by atoms with Crippen molar-refractivity contribution in [1.29, 1.82) is 0 Å². The molecule has 0 amide bonds. The Labute approximate surface area is 105 Å². The van der Waals surface area contributed by atoms with E-state index in [0.29, 0.717) is 11.5 Å². The second-order valence-electron chi connectivity index (χ2n) is 3.66. The summed E-state index contributed by atoms with van der Waals surface area (Å²) in [7, 11) is -3.70. The fourth-order valence-corrected chi connectivity index (χ4v) is 2.72. The van der Waals surface area contributed by atoms with Crippen LogP contribution >= 0.6 is 0 Å². The lowest BCUT2D eigenvalue weighted by Gasteiger charge is -2.05. The summed E-state index contributed by atoms with van der Waals surface area (Å²) in [5, 5.41) is 0. The van der Waals surface area contributed by atoms with Crippen molar-refractivity contribution in [2.75, 3.05) is 4.72 Å². The highest BCUT2D eigenvalue weighted by Crippen LogP contribution is 2.21. The molecule has 7 heteroatoms. The Balaban J connectivity index is 2.34. The molecule has 0 radical (unpaired) electrons. The van der Waals surface area contributed by atoms with Crippen LogP contribution in [0.15, 0.2) is 39.8 Å². The van der Waals surface area contributed by atoms with Gasteiger partial charge in [-0.15, -0.1) is 0 Å². The minimum absolute atomic E-state index is 0.0774. The maximum atomic E-state index is 12.1. The molecule has 2 heterocycles. The second-order valence-corrected chi connectivity index (χ2v) is 5.31. The summed E-state index contributed by atoms with van der Waals surface area (Å²) in [6.07, 6.45) is 1.51.